The Morgan fingerprint density at radius 1 is 1.04 bits per heavy atom. The van der Waals surface area contributed by atoms with E-state index in [1.807, 2.05) is 24.3 Å². The number of aliphatic hydroxyl groups excluding tert-OH is 1. The van der Waals surface area contributed by atoms with Crippen molar-refractivity contribution >= 4 is 0 Å². The van der Waals surface area contributed by atoms with E-state index in [1.54, 1.807) is 12.1 Å². The first kappa shape index (κ1) is 14.9. The molecule has 110 valence electrons. The molecular formula is C20H14N2O. The van der Waals surface area contributed by atoms with Crippen LogP contribution in [0, 0.1) is 35.0 Å². The summed E-state index contributed by atoms with van der Waals surface area (Å²) in [6, 6.07) is 15.3. The van der Waals surface area contributed by atoms with Crippen molar-refractivity contribution in [1.82, 2.24) is 0 Å². The number of nitrogens with zero attached hydrogens (tertiary/aromatic N) is 2. The third kappa shape index (κ3) is 2.58. The van der Waals surface area contributed by atoms with Gasteiger partial charge in [-0.1, -0.05) is 12.1 Å². The molecule has 3 nitrogen and oxygen atoms in total. The molecule has 0 amide bonds. The van der Waals surface area contributed by atoms with Gasteiger partial charge in [-0.3, -0.25) is 0 Å². The average Bonchev–Trinajstić information content (AvgIpc) is 2.58. The van der Waals surface area contributed by atoms with Gasteiger partial charge in [0.05, 0.1) is 29.4 Å². The van der Waals surface area contributed by atoms with Crippen LogP contribution in [0.5, 0.6) is 0 Å². The van der Waals surface area contributed by atoms with Crippen LogP contribution in [0.4, 0.5) is 0 Å². The summed E-state index contributed by atoms with van der Waals surface area (Å²) in [6.45, 7) is 0. The minimum Gasteiger partial charge on any atom is -0.391 e. The smallest absolute Gasteiger partial charge is 0.0991 e. The van der Waals surface area contributed by atoms with E-state index in [0.29, 0.717) is 17.5 Å². The van der Waals surface area contributed by atoms with Gasteiger partial charge in [-0.25, -0.2) is 0 Å². The zero-order chi connectivity index (χ0) is 16.4. The Labute approximate surface area is 135 Å². The van der Waals surface area contributed by atoms with Crippen LogP contribution in [0.15, 0.2) is 36.4 Å². The summed E-state index contributed by atoms with van der Waals surface area (Å²) >= 11 is 0. The Hall–Kier alpha value is -3.06. The van der Waals surface area contributed by atoms with Gasteiger partial charge in [0.2, 0.25) is 0 Å². The highest BCUT2D eigenvalue weighted by atomic mass is 16.3. The van der Waals surface area contributed by atoms with Crippen molar-refractivity contribution in [2.45, 2.75) is 24.9 Å². The molecule has 0 saturated heterocycles. The molecule has 2 aromatic carbocycles. The predicted octanol–water partition coefficient (Wildman–Crippen LogP) is 2.85. The van der Waals surface area contributed by atoms with Crippen LogP contribution in [-0.4, -0.2) is 11.2 Å². The lowest BCUT2D eigenvalue weighted by Crippen LogP contribution is -2.25. The van der Waals surface area contributed by atoms with Crippen molar-refractivity contribution in [2.75, 3.05) is 0 Å². The first-order chi connectivity index (χ1) is 11.2. The number of aliphatic hydroxyl groups is 1. The molecule has 1 aliphatic rings. The fourth-order valence-electron chi connectivity index (χ4n) is 3.29. The van der Waals surface area contributed by atoms with E-state index in [1.165, 1.54) is 0 Å². The summed E-state index contributed by atoms with van der Waals surface area (Å²) in [5.41, 5.74) is 5.20. The Kier molecular flexibility index (Phi) is 3.86. The molecule has 0 fully saturated rings. The van der Waals surface area contributed by atoms with Crippen LogP contribution < -0.4 is 0 Å². The number of nitriles is 2. The second kappa shape index (κ2) is 5.98. The van der Waals surface area contributed by atoms with E-state index in [2.05, 4.69) is 18.1 Å². The Balaban J connectivity index is 2.18. The number of hydrogen-bond donors (Lipinski definition) is 1. The van der Waals surface area contributed by atoms with Gasteiger partial charge in [0.25, 0.3) is 0 Å². The SMILES string of the molecule is C#CCC(O)C1c2ccc(C#N)cc2Cc2cc(C#N)ccc21. The highest BCUT2D eigenvalue weighted by molar-refractivity contribution is 5.54. The molecule has 23 heavy (non-hydrogen) atoms. The van der Waals surface area contributed by atoms with Gasteiger partial charge < -0.3 is 5.11 Å². The maximum atomic E-state index is 10.5. The molecule has 1 aliphatic carbocycles. The molecule has 3 rings (SSSR count). The van der Waals surface area contributed by atoms with Crippen LogP contribution in [0.1, 0.15) is 45.7 Å². The molecule has 0 saturated carbocycles. The average molecular weight is 298 g/mol. The lowest BCUT2D eigenvalue weighted by Gasteiger charge is -2.31. The van der Waals surface area contributed by atoms with Crippen LogP contribution in [-0.2, 0) is 6.42 Å². The predicted molar refractivity (Wildman–Crippen MR) is 86.4 cm³/mol. The number of terminal acetylenes is 1. The molecule has 0 aromatic heterocycles. The van der Waals surface area contributed by atoms with E-state index < -0.39 is 6.10 Å². The van der Waals surface area contributed by atoms with E-state index in [4.69, 9.17) is 16.9 Å². The van der Waals surface area contributed by atoms with Gasteiger partial charge in [-0.2, -0.15) is 10.5 Å². The Morgan fingerprint density at radius 3 is 2.00 bits per heavy atom. The van der Waals surface area contributed by atoms with E-state index in [9.17, 15) is 5.11 Å². The largest absolute Gasteiger partial charge is 0.391 e. The molecule has 0 heterocycles. The third-order valence-corrected chi connectivity index (χ3v) is 4.31. The van der Waals surface area contributed by atoms with Gasteiger partial charge in [0, 0.05) is 12.3 Å². The topological polar surface area (TPSA) is 67.8 Å². The third-order valence-electron chi connectivity index (χ3n) is 4.31. The minimum absolute atomic E-state index is 0.231. The maximum Gasteiger partial charge on any atom is 0.0991 e. The summed E-state index contributed by atoms with van der Waals surface area (Å²) in [5, 5.41) is 28.8. The molecule has 0 radical (unpaired) electrons. The molecule has 0 spiro atoms. The molecule has 1 atom stereocenters. The normalized spacial score (nSPS) is 13.8. The van der Waals surface area contributed by atoms with Crippen molar-refractivity contribution in [3.63, 3.8) is 0 Å². The first-order valence-corrected chi connectivity index (χ1v) is 7.35. The quantitative estimate of drug-likeness (QED) is 0.867. The molecule has 0 bridgehead atoms. The Morgan fingerprint density at radius 2 is 1.57 bits per heavy atom. The highest BCUT2D eigenvalue weighted by Gasteiger charge is 2.30. The van der Waals surface area contributed by atoms with Crippen LogP contribution in [0.2, 0.25) is 0 Å². The molecule has 0 aliphatic heterocycles. The minimum atomic E-state index is -0.696. The van der Waals surface area contributed by atoms with E-state index in [-0.39, 0.29) is 12.3 Å². The highest BCUT2D eigenvalue weighted by Crippen LogP contribution is 2.40. The standard InChI is InChI=1S/C20H14N2O/c1-2-3-19(23)20-17-6-4-13(11-21)8-15(17)10-16-9-14(12-22)5-7-18(16)20/h1,4-9,19-20,23H,3,10H2. The van der Waals surface area contributed by atoms with Gasteiger partial charge in [-0.05, 0) is 52.9 Å². The first-order valence-electron chi connectivity index (χ1n) is 7.35. The van der Waals surface area contributed by atoms with Crippen LogP contribution in [0.3, 0.4) is 0 Å². The monoisotopic (exact) mass is 298 g/mol. The molecular weight excluding hydrogens is 284 g/mol. The second-order valence-corrected chi connectivity index (χ2v) is 5.68. The summed E-state index contributed by atoms with van der Waals surface area (Å²) in [7, 11) is 0. The van der Waals surface area contributed by atoms with E-state index >= 15 is 0 Å². The molecule has 1 N–H and O–H groups in total. The molecule has 2 aromatic rings. The number of benzene rings is 2. The number of hydrogen-bond acceptors (Lipinski definition) is 3. The van der Waals surface area contributed by atoms with E-state index in [0.717, 1.165) is 22.3 Å². The Bertz CT molecular complexity index is 830. The maximum absolute atomic E-state index is 10.5. The molecule has 3 heteroatoms. The fraction of sp³-hybridized carbons (Fsp3) is 0.200. The van der Waals surface area contributed by atoms with Gasteiger partial charge >= 0.3 is 0 Å². The van der Waals surface area contributed by atoms with Crippen molar-refractivity contribution in [3.8, 4) is 24.5 Å². The van der Waals surface area contributed by atoms with Crippen molar-refractivity contribution < 1.29 is 5.11 Å². The lowest BCUT2D eigenvalue weighted by molar-refractivity contribution is 0.160. The fourth-order valence-corrected chi connectivity index (χ4v) is 3.29. The van der Waals surface area contributed by atoms with Gasteiger partial charge in [-0.15, -0.1) is 12.3 Å². The molecule has 1 unspecified atom stereocenters. The lowest BCUT2D eigenvalue weighted by atomic mass is 9.74. The zero-order valence-electron chi connectivity index (χ0n) is 12.5. The summed E-state index contributed by atoms with van der Waals surface area (Å²) < 4.78 is 0. The number of rotatable bonds is 2. The summed E-state index contributed by atoms with van der Waals surface area (Å²) in [5.74, 6) is 2.29. The second-order valence-electron chi connectivity index (χ2n) is 5.68. The van der Waals surface area contributed by atoms with Gasteiger partial charge in [0.1, 0.15) is 0 Å². The van der Waals surface area contributed by atoms with Crippen LogP contribution >= 0.6 is 0 Å². The van der Waals surface area contributed by atoms with Crippen molar-refractivity contribution in [3.05, 3.63) is 69.8 Å². The zero-order valence-corrected chi connectivity index (χ0v) is 12.5. The van der Waals surface area contributed by atoms with Gasteiger partial charge in [0.15, 0.2) is 0 Å². The number of fused-ring (bicyclic) bond motifs is 2. The van der Waals surface area contributed by atoms with Crippen LogP contribution in [0.25, 0.3) is 0 Å². The summed E-state index contributed by atoms with van der Waals surface area (Å²) in [4.78, 5) is 0. The van der Waals surface area contributed by atoms with Crippen molar-refractivity contribution in [2.24, 2.45) is 0 Å². The summed E-state index contributed by atoms with van der Waals surface area (Å²) in [6.07, 6.45) is 5.58. The van der Waals surface area contributed by atoms with Crippen molar-refractivity contribution in [1.29, 1.82) is 10.5 Å².